The lowest BCUT2D eigenvalue weighted by atomic mass is 9.80. The zero-order valence-corrected chi connectivity index (χ0v) is 7.61. The van der Waals surface area contributed by atoms with Crippen molar-refractivity contribution in [1.29, 1.82) is 0 Å². The molecule has 1 aromatic heterocycles. The van der Waals surface area contributed by atoms with Crippen molar-refractivity contribution in [2.24, 2.45) is 5.92 Å². The molecular weight excluding hydrogens is 164 g/mol. The lowest BCUT2D eigenvalue weighted by molar-refractivity contribution is 0.247. The molecule has 0 amide bonds. The summed E-state index contributed by atoms with van der Waals surface area (Å²) in [6, 6.07) is 0. The van der Waals surface area contributed by atoms with Crippen molar-refractivity contribution < 1.29 is 0 Å². The molecule has 0 bridgehead atoms. The van der Waals surface area contributed by atoms with E-state index in [2.05, 4.69) is 20.3 Å². The minimum Gasteiger partial charge on any atom is -0.316 e. The summed E-state index contributed by atoms with van der Waals surface area (Å²) in [6.45, 7) is 3.38. The van der Waals surface area contributed by atoms with Crippen LogP contribution in [0.1, 0.15) is 24.5 Å². The number of nitrogens with one attached hydrogen (secondary N) is 1. The summed E-state index contributed by atoms with van der Waals surface area (Å²) < 4.78 is 2.08. The van der Waals surface area contributed by atoms with E-state index in [-0.39, 0.29) is 0 Å². The molecule has 2 unspecified atom stereocenters. The largest absolute Gasteiger partial charge is 0.316 e. The van der Waals surface area contributed by atoms with E-state index in [0.29, 0.717) is 5.92 Å². The molecule has 0 saturated carbocycles. The number of rotatable bonds is 0. The molecule has 13 heavy (non-hydrogen) atoms. The third kappa shape index (κ3) is 1.09. The van der Waals surface area contributed by atoms with Crippen LogP contribution < -0.4 is 5.32 Å². The second kappa shape index (κ2) is 2.80. The van der Waals surface area contributed by atoms with Gasteiger partial charge in [0.05, 0.1) is 11.9 Å². The standard InChI is InChI=1S/C9H14N4/c1-3-10-5-7-2-4-13-9(8(1)7)6-11-12-13/h6-8,10H,1-5H2. The SMILES string of the molecule is c1nnn2c1C1CCNCC1CC2. The summed E-state index contributed by atoms with van der Waals surface area (Å²) in [6.07, 6.45) is 4.45. The molecule has 0 aliphatic carbocycles. The quantitative estimate of drug-likeness (QED) is 0.624. The predicted octanol–water partition coefficient (Wildman–Crippen LogP) is 0.375. The van der Waals surface area contributed by atoms with Gasteiger partial charge in [0, 0.05) is 12.5 Å². The summed E-state index contributed by atoms with van der Waals surface area (Å²) >= 11 is 0. The molecule has 4 heteroatoms. The van der Waals surface area contributed by atoms with Gasteiger partial charge in [0.25, 0.3) is 0 Å². The van der Waals surface area contributed by atoms with E-state index in [1.54, 1.807) is 0 Å². The summed E-state index contributed by atoms with van der Waals surface area (Å²) in [7, 11) is 0. The normalized spacial score (nSPS) is 32.3. The molecule has 1 N–H and O–H groups in total. The molecule has 2 aliphatic heterocycles. The van der Waals surface area contributed by atoms with Crippen molar-refractivity contribution in [3.05, 3.63) is 11.9 Å². The second-order valence-corrected chi connectivity index (χ2v) is 4.03. The van der Waals surface area contributed by atoms with Crippen LogP contribution in [0, 0.1) is 5.92 Å². The smallest absolute Gasteiger partial charge is 0.0728 e. The van der Waals surface area contributed by atoms with Crippen LogP contribution in [0.4, 0.5) is 0 Å². The Kier molecular flexibility index (Phi) is 1.62. The van der Waals surface area contributed by atoms with Gasteiger partial charge in [-0.3, -0.25) is 0 Å². The van der Waals surface area contributed by atoms with E-state index in [4.69, 9.17) is 0 Å². The Morgan fingerprint density at radius 2 is 2.46 bits per heavy atom. The minimum absolute atomic E-state index is 0.713. The Labute approximate surface area is 77.3 Å². The lowest BCUT2D eigenvalue weighted by Gasteiger charge is -2.35. The molecule has 0 aromatic carbocycles. The first kappa shape index (κ1) is 7.50. The second-order valence-electron chi connectivity index (χ2n) is 4.03. The number of nitrogens with zero attached hydrogens (tertiary/aromatic N) is 3. The number of hydrogen-bond acceptors (Lipinski definition) is 3. The molecule has 2 atom stereocenters. The molecule has 1 aromatic rings. The fourth-order valence-corrected chi connectivity index (χ4v) is 2.63. The third-order valence-corrected chi connectivity index (χ3v) is 3.35. The highest BCUT2D eigenvalue weighted by molar-refractivity contribution is 5.10. The molecule has 2 aliphatic rings. The molecule has 3 rings (SSSR count). The Hall–Kier alpha value is -0.900. The van der Waals surface area contributed by atoms with Crippen molar-refractivity contribution in [2.45, 2.75) is 25.3 Å². The zero-order chi connectivity index (χ0) is 8.67. The van der Waals surface area contributed by atoms with Crippen molar-refractivity contribution in [1.82, 2.24) is 20.3 Å². The molecule has 0 spiro atoms. The Morgan fingerprint density at radius 3 is 3.46 bits per heavy atom. The molecule has 0 radical (unpaired) electrons. The fraction of sp³-hybridized carbons (Fsp3) is 0.778. The maximum atomic E-state index is 4.09. The summed E-state index contributed by atoms with van der Waals surface area (Å²) in [4.78, 5) is 0. The minimum atomic E-state index is 0.713. The first-order valence-electron chi connectivity index (χ1n) is 5.04. The van der Waals surface area contributed by atoms with E-state index < -0.39 is 0 Å². The molecule has 1 saturated heterocycles. The summed E-state index contributed by atoms with van der Waals surface area (Å²) in [5.41, 5.74) is 1.36. The van der Waals surface area contributed by atoms with Crippen LogP contribution in [0.15, 0.2) is 6.20 Å². The van der Waals surface area contributed by atoms with Crippen LogP contribution in [0.2, 0.25) is 0 Å². The zero-order valence-electron chi connectivity index (χ0n) is 7.61. The van der Waals surface area contributed by atoms with Crippen molar-refractivity contribution in [3.63, 3.8) is 0 Å². The van der Waals surface area contributed by atoms with Gasteiger partial charge >= 0.3 is 0 Å². The van der Waals surface area contributed by atoms with E-state index in [9.17, 15) is 0 Å². The van der Waals surface area contributed by atoms with E-state index >= 15 is 0 Å². The average Bonchev–Trinajstić information content (AvgIpc) is 2.65. The molecule has 70 valence electrons. The van der Waals surface area contributed by atoms with Gasteiger partial charge in [-0.2, -0.15) is 0 Å². The van der Waals surface area contributed by atoms with E-state index in [1.807, 2.05) is 6.20 Å². The molecular formula is C9H14N4. The van der Waals surface area contributed by atoms with Gasteiger partial charge in [0.1, 0.15) is 0 Å². The lowest BCUT2D eigenvalue weighted by Crippen LogP contribution is -2.39. The van der Waals surface area contributed by atoms with Gasteiger partial charge in [0.15, 0.2) is 0 Å². The average molecular weight is 178 g/mol. The molecule has 1 fully saturated rings. The Morgan fingerprint density at radius 1 is 1.46 bits per heavy atom. The molecule has 4 nitrogen and oxygen atoms in total. The number of aromatic nitrogens is 3. The summed E-state index contributed by atoms with van der Waals surface area (Å²) in [5, 5.41) is 11.5. The van der Waals surface area contributed by atoms with Crippen LogP contribution in [0.25, 0.3) is 0 Å². The number of hydrogen-bond donors (Lipinski definition) is 1. The third-order valence-electron chi connectivity index (χ3n) is 3.35. The van der Waals surface area contributed by atoms with Crippen LogP contribution in [-0.2, 0) is 6.54 Å². The maximum Gasteiger partial charge on any atom is 0.0728 e. The number of piperidine rings is 1. The van der Waals surface area contributed by atoms with Gasteiger partial charge in [-0.25, -0.2) is 4.68 Å². The van der Waals surface area contributed by atoms with Gasteiger partial charge in [0.2, 0.25) is 0 Å². The van der Waals surface area contributed by atoms with Crippen LogP contribution in [-0.4, -0.2) is 28.1 Å². The van der Waals surface area contributed by atoms with Gasteiger partial charge in [-0.1, -0.05) is 5.21 Å². The van der Waals surface area contributed by atoms with Crippen molar-refractivity contribution in [3.8, 4) is 0 Å². The van der Waals surface area contributed by atoms with Crippen LogP contribution in [0.3, 0.4) is 0 Å². The Balaban J connectivity index is 1.97. The highest BCUT2D eigenvalue weighted by atomic mass is 15.4. The first-order chi connectivity index (χ1) is 6.45. The van der Waals surface area contributed by atoms with Gasteiger partial charge < -0.3 is 5.32 Å². The predicted molar refractivity (Wildman–Crippen MR) is 48.4 cm³/mol. The van der Waals surface area contributed by atoms with Gasteiger partial charge in [-0.05, 0) is 31.8 Å². The van der Waals surface area contributed by atoms with Crippen molar-refractivity contribution >= 4 is 0 Å². The highest BCUT2D eigenvalue weighted by Gasteiger charge is 2.32. The van der Waals surface area contributed by atoms with Gasteiger partial charge in [-0.15, -0.1) is 5.10 Å². The number of fused-ring (bicyclic) bond motifs is 3. The maximum absolute atomic E-state index is 4.09. The van der Waals surface area contributed by atoms with Crippen molar-refractivity contribution in [2.75, 3.05) is 13.1 Å². The van der Waals surface area contributed by atoms with Crippen LogP contribution >= 0.6 is 0 Å². The monoisotopic (exact) mass is 178 g/mol. The fourth-order valence-electron chi connectivity index (χ4n) is 2.63. The number of aryl methyl sites for hydroxylation is 1. The van der Waals surface area contributed by atoms with E-state index in [1.165, 1.54) is 25.1 Å². The molecule has 3 heterocycles. The van der Waals surface area contributed by atoms with E-state index in [0.717, 1.165) is 19.0 Å². The first-order valence-corrected chi connectivity index (χ1v) is 5.04. The highest BCUT2D eigenvalue weighted by Crippen LogP contribution is 2.35. The summed E-state index contributed by atoms with van der Waals surface area (Å²) in [5.74, 6) is 1.53. The van der Waals surface area contributed by atoms with Crippen LogP contribution in [0.5, 0.6) is 0 Å². The Bertz CT molecular complexity index is 306. The topological polar surface area (TPSA) is 42.7 Å².